The fourth-order valence-electron chi connectivity index (χ4n) is 3.91. The van der Waals surface area contributed by atoms with Crippen LogP contribution in [-0.2, 0) is 22.5 Å². The van der Waals surface area contributed by atoms with Gasteiger partial charge in [0.25, 0.3) is 0 Å². The number of esters is 1. The fraction of sp³-hybridized carbons (Fsp3) is 0.393. The van der Waals surface area contributed by atoms with E-state index in [-0.39, 0.29) is 18.5 Å². The van der Waals surface area contributed by atoms with E-state index in [0.29, 0.717) is 5.92 Å². The first-order valence-corrected chi connectivity index (χ1v) is 11.5. The summed E-state index contributed by atoms with van der Waals surface area (Å²) in [7, 11) is 0. The number of carbonyl (C=O) groups is 1. The zero-order chi connectivity index (χ0) is 21.5. The molecular weight excluding hydrogens is 382 g/mol. The van der Waals surface area contributed by atoms with Gasteiger partial charge in [0.2, 0.25) is 0 Å². The number of benzene rings is 2. The molecule has 160 valence electrons. The maximum Gasteiger partial charge on any atom is 0.311 e. The first kappa shape index (κ1) is 21.2. The Morgan fingerprint density at radius 1 is 1.10 bits per heavy atom. The summed E-state index contributed by atoms with van der Waals surface area (Å²) in [5.41, 5.74) is 3.39. The molecule has 1 aromatic heterocycles. The van der Waals surface area contributed by atoms with Gasteiger partial charge in [-0.05, 0) is 42.9 Å². The zero-order valence-corrected chi connectivity index (χ0v) is 18.3. The number of hydrogen-bond acceptors (Lipinski definition) is 2. The SMILES string of the molecule is CCCCCC(C#CC1CC1)OC(=O)Cc1cn(Cc2ccccc2)c2ccccc12. The van der Waals surface area contributed by atoms with Crippen molar-refractivity contribution in [3.05, 3.63) is 71.9 Å². The van der Waals surface area contributed by atoms with E-state index >= 15 is 0 Å². The van der Waals surface area contributed by atoms with Gasteiger partial charge in [-0.25, -0.2) is 0 Å². The largest absolute Gasteiger partial charge is 0.449 e. The highest BCUT2D eigenvalue weighted by atomic mass is 16.5. The van der Waals surface area contributed by atoms with Gasteiger partial charge in [0.1, 0.15) is 0 Å². The van der Waals surface area contributed by atoms with Crippen molar-refractivity contribution in [2.75, 3.05) is 0 Å². The molecule has 2 aromatic carbocycles. The van der Waals surface area contributed by atoms with Gasteiger partial charge in [-0.15, -0.1) is 0 Å². The van der Waals surface area contributed by atoms with Crippen LogP contribution in [0.25, 0.3) is 10.9 Å². The molecule has 1 aliphatic rings. The Labute approximate surface area is 185 Å². The van der Waals surface area contributed by atoms with Crippen molar-refractivity contribution in [2.45, 2.75) is 64.5 Å². The Bertz CT molecular complexity index is 1070. The standard InChI is InChI=1S/C28H31NO2/c1-2-3-5-12-25(18-17-22-15-16-22)31-28(30)19-24-21-29(20-23-10-6-4-7-11-23)27-14-9-8-13-26(24)27/h4,6-11,13-14,21-22,25H,2-3,5,12,15-16,19-20H2,1H3. The highest BCUT2D eigenvalue weighted by Gasteiger charge is 2.20. The number of carbonyl (C=O) groups excluding carboxylic acids is 1. The van der Waals surface area contributed by atoms with Crippen LogP contribution in [-0.4, -0.2) is 16.6 Å². The van der Waals surface area contributed by atoms with E-state index in [1.807, 2.05) is 18.2 Å². The van der Waals surface area contributed by atoms with Crippen molar-refractivity contribution in [2.24, 2.45) is 5.92 Å². The third-order valence-electron chi connectivity index (χ3n) is 5.77. The average molecular weight is 414 g/mol. The maximum atomic E-state index is 12.8. The molecule has 0 saturated heterocycles. The van der Waals surface area contributed by atoms with Gasteiger partial charge in [-0.3, -0.25) is 4.79 Å². The number of unbranched alkanes of at least 4 members (excludes halogenated alkanes) is 2. The van der Waals surface area contributed by atoms with Crippen LogP contribution in [0.3, 0.4) is 0 Å². The minimum absolute atomic E-state index is 0.186. The topological polar surface area (TPSA) is 31.2 Å². The number of nitrogens with zero attached hydrogens (tertiary/aromatic N) is 1. The fourth-order valence-corrected chi connectivity index (χ4v) is 3.91. The highest BCUT2D eigenvalue weighted by Crippen LogP contribution is 2.28. The molecule has 4 rings (SSSR count). The van der Waals surface area contributed by atoms with E-state index < -0.39 is 0 Å². The minimum Gasteiger partial charge on any atom is -0.449 e. The second-order valence-electron chi connectivity index (χ2n) is 8.50. The lowest BCUT2D eigenvalue weighted by Crippen LogP contribution is -2.18. The molecule has 0 spiro atoms. The monoisotopic (exact) mass is 413 g/mol. The van der Waals surface area contributed by atoms with Gasteiger partial charge >= 0.3 is 5.97 Å². The molecule has 0 amide bonds. The van der Waals surface area contributed by atoms with Crippen LogP contribution in [0.1, 0.15) is 56.6 Å². The summed E-state index contributed by atoms with van der Waals surface area (Å²) in [6.45, 7) is 2.96. The average Bonchev–Trinajstić information content (AvgIpc) is 3.56. The molecule has 1 aliphatic carbocycles. The summed E-state index contributed by atoms with van der Waals surface area (Å²) in [5.74, 6) is 6.85. The Kier molecular flexibility index (Phi) is 7.10. The Balaban J connectivity index is 1.47. The molecule has 1 heterocycles. The van der Waals surface area contributed by atoms with Crippen LogP contribution in [0.2, 0.25) is 0 Å². The van der Waals surface area contributed by atoms with Gasteiger partial charge in [0, 0.05) is 29.6 Å². The lowest BCUT2D eigenvalue weighted by atomic mass is 10.1. The predicted octanol–water partition coefficient (Wildman–Crippen LogP) is 6.14. The number of ether oxygens (including phenoxy) is 1. The van der Waals surface area contributed by atoms with Crippen LogP contribution in [0, 0.1) is 17.8 Å². The number of hydrogen-bond donors (Lipinski definition) is 0. The van der Waals surface area contributed by atoms with Crippen molar-refractivity contribution in [3.8, 4) is 11.8 Å². The van der Waals surface area contributed by atoms with E-state index in [4.69, 9.17) is 4.74 Å². The molecule has 1 saturated carbocycles. The van der Waals surface area contributed by atoms with Crippen LogP contribution in [0.5, 0.6) is 0 Å². The van der Waals surface area contributed by atoms with E-state index in [1.165, 1.54) is 18.4 Å². The number of rotatable bonds is 9. The van der Waals surface area contributed by atoms with Crippen LogP contribution < -0.4 is 0 Å². The minimum atomic E-state index is -0.280. The van der Waals surface area contributed by atoms with Crippen molar-refractivity contribution in [1.82, 2.24) is 4.57 Å². The van der Waals surface area contributed by atoms with Gasteiger partial charge in [0.05, 0.1) is 6.42 Å². The number of para-hydroxylation sites is 1. The predicted molar refractivity (Wildman–Crippen MR) is 126 cm³/mol. The molecule has 0 bridgehead atoms. The molecule has 0 radical (unpaired) electrons. The molecule has 0 N–H and O–H groups in total. The molecule has 1 atom stereocenters. The summed E-state index contributed by atoms with van der Waals surface area (Å²) in [6, 6.07) is 18.7. The summed E-state index contributed by atoms with van der Waals surface area (Å²) in [4.78, 5) is 12.8. The Morgan fingerprint density at radius 3 is 2.65 bits per heavy atom. The Hall–Kier alpha value is -2.99. The molecule has 3 nitrogen and oxygen atoms in total. The second kappa shape index (κ2) is 10.4. The summed E-state index contributed by atoms with van der Waals surface area (Å²) in [5, 5.41) is 1.11. The normalized spacial score (nSPS) is 14.1. The van der Waals surface area contributed by atoms with Crippen molar-refractivity contribution in [3.63, 3.8) is 0 Å². The zero-order valence-electron chi connectivity index (χ0n) is 18.3. The van der Waals surface area contributed by atoms with Crippen molar-refractivity contribution in [1.29, 1.82) is 0 Å². The lowest BCUT2D eigenvalue weighted by Gasteiger charge is -2.12. The van der Waals surface area contributed by atoms with E-state index in [1.54, 1.807) is 0 Å². The molecule has 3 aromatic rings. The summed E-state index contributed by atoms with van der Waals surface area (Å²) in [6.07, 6.45) is 8.63. The van der Waals surface area contributed by atoms with Crippen molar-refractivity contribution < 1.29 is 9.53 Å². The third-order valence-corrected chi connectivity index (χ3v) is 5.77. The first-order chi connectivity index (χ1) is 15.2. The molecule has 0 aliphatic heterocycles. The van der Waals surface area contributed by atoms with Crippen LogP contribution >= 0.6 is 0 Å². The quantitative estimate of drug-likeness (QED) is 0.240. The molecule has 3 heteroatoms. The van der Waals surface area contributed by atoms with Crippen molar-refractivity contribution >= 4 is 16.9 Å². The highest BCUT2D eigenvalue weighted by molar-refractivity contribution is 5.88. The maximum absolute atomic E-state index is 12.8. The van der Waals surface area contributed by atoms with E-state index in [9.17, 15) is 4.79 Å². The Morgan fingerprint density at radius 2 is 1.87 bits per heavy atom. The number of fused-ring (bicyclic) bond motifs is 1. The molecule has 1 unspecified atom stereocenters. The van der Waals surface area contributed by atoms with Crippen LogP contribution in [0.4, 0.5) is 0 Å². The van der Waals surface area contributed by atoms with E-state index in [2.05, 4.69) is 65.9 Å². The van der Waals surface area contributed by atoms with Gasteiger partial charge in [0.15, 0.2) is 6.10 Å². The molecule has 1 fully saturated rings. The summed E-state index contributed by atoms with van der Waals surface area (Å²) < 4.78 is 8.05. The number of aromatic nitrogens is 1. The van der Waals surface area contributed by atoms with Crippen LogP contribution in [0.15, 0.2) is 60.8 Å². The lowest BCUT2D eigenvalue weighted by molar-refractivity contribution is -0.145. The third kappa shape index (κ3) is 6.01. The molecule has 31 heavy (non-hydrogen) atoms. The van der Waals surface area contributed by atoms with Gasteiger partial charge < -0.3 is 9.30 Å². The molecular formula is C28H31NO2. The summed E-state index contributed by atoms with van der Waals surface area (Å²) >= 11 is 0. The van der Waals surface area contributed by atoms with Gasteiger partial charge in [-0.1, -0.05) is 80.1 Å². The van der Waals surface area contributed by atoms with Gasteiger partial charge in [-0.2, -0.15) is 0 Å². The smallest absolute Gasteiger partial charge is 0.311 e. The van der Waals surface area contributed by atoms with E-state index in [0.717, 1.165) is 48.7 Å². The second-order valence-corrected chi connectivity index (χ2v) is 8.50. The first-order valence-electron chi connectivity index (χ1n) is 11.5.